The van der Waals surface area contributed by atoms with E-state index >= 15 is 0 Å². The van der Waals surface area contributed by atoms with Crippen molar-refractivity contribution in [3.8, 4) is 6.07 Å². The summed E-state index contributed by atoms with van der Waals surface area (Å²) in [6, 6.07) is 6.40. The molecule has 1 fully saturated rings. The number of ether oxygens (including phenoxy) is 1. The van der Waals surface area contributed by atoms with Crippen LogP contribution < -0.4 is 5.32 Å². The lowest BCUT2D eigenvalue weighted by molar-refractivity contribution is 0.0170. The van der Waals surface area contributed by atoms with Crippen LogP contribution in [0.1, 0.15) is 24.1 Å². The van der Waals surface area contributed by atoms with Gasteiger partial charge >= 0.3 is 0 Å². The molecule has 0 bridgehead atoms. The fourth-order valence-corrected chi connectivity index (χ4v) is 1.86. The van der Waals surface area contributed by atoms with Crippen LogP contribution in [-0.4, -0.2) is 24.2 Å². The highest BCUT2D eigenvalue weighted by atomic mass is 16.5. The van der Waals surface area contributed by atoms with Gasteiger partial charge in [0.15, 0.2) is 0 Å². The molecule has 0 radical (unpaired) electrons. The summed E-state index contributed by atoms with van der Waals surface area (Å²) in [6.07, 6.45) is 4.16. The lowest BCUT2D eigenvalue weighted by atomic mass is 9.89. The first kappa shape index (κ1) is 11.1. The second-order valence-corrected chi connectivity index (χ2v) is 4.03. The molecule has 1 heterocycles. The molecule has 84 valence electrons. The zero-order valence-corrected chi connectivity index (χ0v) is 9.31. The van der Waals surface area contributed by atoms with Crippen molar-refractivity contribution in [2.24, 2.45) is 0 Å². The summed E-state index contributed by atoms with van der Waals surface area (Å²) >= 11 is 0. The number of pyridine rings is 1. The zero-order valence-electron chi connectivity index (χ0n) is 9.31. The van der Waals surface area contributed by atoms with Crippen LogP contribution in [0.5, 0.6) is 0 Å². The average molecular weight is 217 g/mol. The SMILES string of the molecule is COC1CC(NCc2cccnc2C#N)C1. The quantitative estimate of drug-likeness (QED) is 0.823. The van der Waals surface area contributed by atoms with Gasteiger partial charge in [-0.25, -0.2) is 4.98 Å². The summed E-state index contributed by atoms with van der Waals surface area (Å²) in [7, 11) is 1.75. The van der Waals surface area contributed by atoms with Crippen LogP contribution in [0.15, 0.2) is 18.3 Å². The largest absolute Gasteiger partial charge is 0.381 e. The third-order valence-corrected chi connectivity index (χ3v) is 3.01. The Hall–Kier alpha value is -1.44. The molecular weight excluding hydrogens is 202 g/mol. The minimum absolute atomic E-state index is 0.404. The molecule has 0 spiro atoms. The molecule has 0 amide bonds. The van der Waals surface area contributed by atoms with Gasteiger partial charge in [-0.1, -0.05) is 6.07 Å². The van der Waals surface area contributed by atoms with E-state index in [2.05, 4.69) is 16.4 Å². The summed E-state index contributed by atoms with van der Waals surface area (Å²) in [5, 5.41) is 12.3. The van der Waals surface area contributed by atoms with E-state index in [1.54, 1.807) is 13.3 Å². The molecular formula is C12H15N3O. The number of nitrogens with zero attached hydrogens (tertiary/aromatic N) is 2. The fourth-order valence-electron chi connectivity index (χ4n) is 1.86. The van der Waals surface area contributed by atoms with Crippen LogP contribution in [0.25, 0.3) is 0 Å². The molecule has 4 nitrogen and oxygen atoms in total. The molecule has 0 saturated heterocycles. The van der Waals surface area contributed by atoms with Crippen LogP contribution in [0.3, 0.4) is 0 Å². The normalized spacial score (nSPS) is 23.5. The molecule has 1 aliphatic carbocycles. The highest BCUT2D eigenvalue weighted by molar-refractivity contribution is 5.30. The first-order chi connectivity index (χ1) is 7.83. The Bertz CT molecular complexity index is 393. The molecule has 0 aromatic carbocycles. The number of hydrogen-bond acceptors (Lipinski definition) is 4. The second kappa shape index (κ2) is 5.06. The van der Waals surface area contributed by atoms with Gasteiger partial charge in [0.25, 0.3) is 0 Å². The summed E-state index contributed by atoms with van der Waals surface area (Å²) in [4.78, 5) is 4.02. The number of hydrogen-bond donors (Lipinski definition) is 1. The van der Waals surface area contributed by atoms with Crippen LogP contribution in [0.2, 0.25) is 0 Å². The fraction of sp³-hybridized carbons (Fsp3) is 0.500. The van der Waals surface area contributed by atoms with Crippen molar-refractivity contribution in [3.05, 3.63) is 29.6 Å². The van der Waals surface area contributed by atoms with Crippen LogP contribution in [0.4, 0.5) is 0 Å². The predicted molar refractivity (Wildman–Crippen MR) is 59.6 cm³/mol. The highest BCUT2D eigenvalue weighted by Gasteiger charge is 2.28. The Morgan fingerprint density at radius 2 is 2.44 bits per heavy atom. The van der Waals surface area contributed by atoms with Gasteiger partial charge in [0.2, 0.25) is 0 Å². The van der Waals surface area contributed by atoms with Crippen molar-refractivity contribution < 1.29 is 4.74 Å². The molecule has 0 atom stereocenters. The molecule has 1 aliphatic rings. The van der Waals surface area contributed by atoms with E-state index < -0.39 is 0 Å². The summed E-state index contributed by atoms with van der Waals surface area (Å²) in [5.41, 5.74) is 1.48. The van der Waals surface area contributed by atoms with Crippen LogP contribution in [-0.2, 0) is 11.3 Å². The number of methoxy groups -OCH3 is 1. The van der Waals surface area contributed by atoms with Gasteiger partial charge in [-0.05, 0) is 18.9 Å². The molecule has 16 heavy (non-hydrogen) atoms. The smallest absolute Gasteiger partial charge is 0.144 e. The maximum Gasteiger partial charge on any atom is 0.144 e. The van der Waals surface area contributed by atoms with Crippen molar-refractivity contribution in [2.75, 3.05) is 7.11 Å². The first-order valence-corrected chi connectivity index (χ1v) is 5.43. The van der Waals surface area contributed by atoms with Crippen molar-refractivity contribution in [3.63, 3.8) is 0 Å². The molecule has 0 unspecified atom stereocenters. The molecule has 1 aromatic heterocycles. The van der Waals surface area contributed by atoms with Crippen molar-refractivity contribution in [1.29, 1.82) is 5.26 Å². The van der Waals surface area contributed by atoms with Crippen molar-refractivity contribution in [2.45, 2.75) is 31.5 Å². The van der Waals surface area contributed by atoms with E-state index in [0.29, 0.717) is 24.4 Å². The maximum atomic E-state index is 8.87. The number of aromatic nitrogens is 1. The van der Waals surface area contributed by atoms with E-state index in [1.807, 2.05) is 12.1 Å². The Labute approximate surface area is 95.3 Å². The summed E-state index contributed by atoms with van der Waals surface area (Å²) in [6.45, 7) is 0.706. The molecule has 1 saturated carbocycles. The third kappa shape index (κ3) is 2.38. The van der Waals surface area contributed by atoms with Gasteiger partial charge in [0, 0.05) is 31.5 Å². The Morgan fingerprint density at radius 3 is 3.12 bits per heavy atom. The van der Waals surface area contributed by atoms with E-state index in [9.17, 15) is 0 Å². The van der Waals surface area contributed by atoms with Crippen molar-refractivity contribution in [1.82, 2.24) is 10.3 Å². The van der Waals surface area contributed by atoms with Gasteiger partial charge in [0.1, 0.15) is 11.8 Å². The van der Waals surface area contributed by atoms with Gasteiger partial charge in [-0.15, -0.1) is 0 Å². The monoisotopic (exact) mass is 217 g/mol. The summed E-state index contributed by atoms with van der Waals surface area (Å²) in [5.74, 6) is 0. The van der Waals surface area contributed by atoms with Crippen LogP contribution in [0, 0.1) is 11.3 Å². The van der Waals surface area contributed by atoms with Gasteiger partial charge in [-0.3, -0.25) is 0 Å². The number of nitriles is 1. The molecule has 4 heteroatoms. The minimum atomic E-state index is 0.404. The van der Waals surface area contributed by atoms with E-state index in [-0.39, 0.29) is 0 Å². The van der Waals surface area contributed by atoms with Gasteiger partial charge < -0.3 is 10.1 Å². The highest BCUT2D eigenvalue weighted by Crippen LogP contribution is 2.22. The molecule has 2 rings (SSSR count). The Balaban J connectivity index is 1.84. The number of rotatable bonds is 4. The van der Waals surface area contributed by atoms with E-state index in [1.165, 1.54) is 0 Å². The standard InChI is InChI=1S/C12H15N3O/c1-16-11-5-10(6-11)15-8-9-3-2-4-14-12(9)7-13/h2-4,10-11,15H,5-6,8H2,1H3. The van der Waals surface area contributed by atoms with Gasteiger partial charge in [0.05, 0.1) is 6.10 Å². The minimum Gasteiger partial charge on any atom is -0.381 e. The molecule has 1 aromatic rings. The zero-order chi connectivity index (χ0) is 11.4. The lowest BCUT2D eigenvalue weighted by Gasteiger charge is -2.34. The second-order valence-electron chi connectivity index (χ2n) is 4.03. The summed E-state index contributed by atoms with van der Waals surface area (Å²) < 4.78 is 5.21. The topological polar surface area (TPSA) is 57.9 Å². The third-order valence-electron chi connectivity index (χ3n) is 3.01. The predicted octanol–water partition coefficient (Wildman–Crippen LogP) is 1.22. The van der Waals surface area contributed by atoms with Gasteiger partial charge in [-0.2, -0.15) is 5.26 Å². The van der Waals surface area contributed by atoms with Crippen LogP contribution >= 0.6 is 0 Å². The number of nitrogens with one attached hydrogen (secondary N) is 1. The average Bonchev–Trinajstić information content (AvgIpc) is 2.28. The van der Waals surface area contributed by atoms with E-state index in [0.717, 1.165) is 18.4 Å². The van der Waals surface area contributed by atoms with E-state index in [4.69, 9.17) is 10.00 Å². The maximum absolute atomic E-state index is 8.87. The Kier molecular flexibility index (Phi) is 3.50. The first-order valence-electron chi connectivity index (χ1n) is 5.43. The Morgan fingerprint density at radius 1 is 1.62 bits per heavy atom. The lowest BCUT2D eigenvalue weighted by Crippen LogP contribution is -2.44. The molecule has 1 N–H and O–H groups in total. The molecule has 0 aliphatic heterocycles. The van der Waals surface area contributed by atoms with Crippen molar-refractivity contribution >= 4 is 0 Å².